The van der Waals surface area contributed by atoms with Crippen LogP contribution in [0.1, 0.15) is 69.4 Å². The number of hydrogen-bond acceptors (Lipinski definition) is 1. The Labute approximate surface area is 147 Å². The van der Waals surface area contributed by atoms with Gasteiger partial charge >= 0.3 is 0 Å². The van der Waals surface area contributed by atoms with Crippen molar-refractivity contribution in [3.63, 3.8) is 0 Å². The fourth-order valence-electron chi connectivity index (χ4n) is 3.04. The highest BCUT2D eigenvalue weighted by molar-refractivity contribution is 5.82. The molecule has 3 rings (SSSR count). The molecule has 0 aliphatic heterocycles. The highest BCUT2D eigenvalue weighted by Crippen LogP contribution is 2.35. The minimum atomic E-state index is 0.365. The van der Waals surface area contributed by atoms with Crippen molar-refractivity contribution in [1.29, 1.82) is 0 Å². The first-order valence-corrected chi connectivity index (χ1v) is 9.59. The summed E-state index contributed by atoms with van der Waals surface area (Å²) < 4.78 is 0. The highest BCUT2D eigenvalue weighted by Gasteiger charge is 2.10. The third kappa shape index (κ3) is 7.21. The van der Waals surface area contributed by atoms with Gasteiger partial charge in [-0.05, 0) is 60.2 Å². The molecule has 0 saturated heterocycles. The van der Waals surface area contributed by atoms with Gasteiger partial charge in [-0.1, -0.05) is 76.1 Å². The molecular weight excluding hydrogens is 292 g/mol. The van der Waals surface area contributed by atoms with Crippen LogP contribution >= 0.6 is 0 Å². The van der Waals surface area contributed by atoms with Crippen LogP contribution in [0.25, 0.3) is 11.1 Å². The monoisotopic (exact) mass is 324 g/mol. The first kappa shape index (κ1) is 18.6. The molecular formula is C23H32O. The molecule has 0 unspecified atom stereocenters. The average Bonchev–Trinajstić information content (AvgIpc) is 3.19. The van der Waals surface area contributed by atoms with E-state index in [-0.39, 0.29) is 0 Å². The second-order valence-electron chi connectivity index (χ2n) is 6.98. The maximum atomic E-state index is 9.17. The van der Waals surface area contributed by atoms with Crippen LogP contribution in [-0.2, 0) is 6.42 Å². The molecule has 0 amide bonds. The van der Waals surface area contributed by atoms with Crippen molar-refractivity contribution in [2.24, 2.45) is 0 Å². The Morgan fingerprint density at radius 2 is 1.25 bits per heavy atom. The largest absolute Gasteiger partial charge is 0.508 e. The van der Waals surface area contributed by atoms with Crippen LogP contribution in [0.4, 0.5) is 0 Å². The Morgan fingerprint density at radius 1 is 0.708 bits per heavy atom. The maximum Gasteiger partial charge on any atom is 0.115 e. The normalized spacial score (nSPS) is 10.9. The Morgan fingerprint density at radius 3 is 1.75 bits per heavy atom. The number of phenols is 1. The third-order valence-corrected chi connectivity index (χ3v) is 4.58. The van der Waals surface area contributed by atoms with Gasteiger partial charge in [0.15, 0.2) is 0 Å². The Balaban J connectivity index is 0.000000242. The topological polar surface area (TPSA) is 20.2 Å². The predicted molar refractivity (Wildman–Crippen MR) is 105 cm³/mol. The molecule has 2 aliphatic rings. The van der Waals surface area contributed by atoms with Gasteiger partial charge in [0.2, 0.25) is 0 Å². The molecule has 130 valence electrons. The smallest absolute Gasteiger partial charge is 0.115 e. The lowest BCUT2D eigenvalue weighted by atomic mass is 10.0. The third-order valence-electron chi connectivity index (χ3n) is 4.58. The van der Waals surface area contributed by atoms with Crippen molar-refractivity contribution in [1.82, 2.24) is 0 Å². The van der Waals surface area contributed by atoms with Crippen LogP contribution in [0.2, 0.25) is 0 Å². The summed E-state index contributed by atoms with van der Waals surface area (Å²) in [6.45, 7) is 4.39. The molecule has 0 fully saturated rings. The first-order valence-electron chi connectivity index (χ1n) is 9.59. The lowest BCUT2D eigenvalue weighted by Crippen LogP contribution is -1.86. The molecule has 0 aromatic heterocycles. The van der Waals surface area contributed by atoms with Crippen LogP contribution < -0.4 is 0 Å². The average molecular weight is 325 g/mol. The molecule has 1 N–H and O–H groups in total. The second-order valence-corrected chi connectivity index (χ2v) is 6.98. The van der Waals surface area contributed by atoms with E-state index < -0.39 is 0 Å². The molecule has 1 aromatic rings. The van der Waals surface area contributed by atoms with Gasteiger partial charge in [0, 0.05) is 0 Å². The summed E-state index contributed by atoms with van der Waals surface area (Å²) in [6, 6.07) is 14.2. The van der Waals surface area contributed by atoms with Crippen molar-refractivity contribution in [3.05, 3.63) is 53.6 Å². The number of benzene rings is 2. The molecule has 1 aromatic carbocycles. The number of fused-ring (bicyclic) bond motifs is 1. The zero-order chi connectivity index (χ0) is 17.2. The first-order chi connectivity index (χ1) is 11.7. The van der Waals surface area contributed by atoms with Crippen molar-refractivity contribution in [2.75, 3.05) is 0 Å². The van der Waals surface area contributed by atoms with Crippen molar-refractivity contribution < 1.29 is 5.11 Å². The van der Waals surface area contributed by atoms with Crippen LogP contribution in [0.5, 0.6) is 5.75 Å². The Kier molecular flexibility index (Phi) is 7.88. The standard InChI is InChI=1S/C16H26O.C7H6/c1-2-3-4-5-6-7-8-9-10-15-11-13-16(17)14-12-15;1-5-2-6-4-7(6)3-5/h11-14,17H,2-10H2,1H3;2-4H,1H3. The van der Waals surface area contributed by atoms with Crippen LogP contribution in [0.3, 0.4) is 0 Å². The van der Waals surface area contributed by atoms with Crippen LogP contribution in [0, 0.1) is 6.92 Å². The van der Waals surface area contributed by atoms with E-state index in [1.807, 2.05) is 12.1 Å². The van der Waals surface area contributed by atoms with Crippen LogP contribution in [-0.4, -0.2) is 5.11 Å². The fraction of sp³-hybridized carbons (Fsp3) is 0.478. The summed E-state index contributed by atoms with van der Waals surface area (Å²) in [6.07, 6.45) is 12.1. The van der Waals surface area contributed by atoms with Crippen molar-refractivity contribution in [2.45, 2.75) is 71.6 Å². The molecule has 24 heavy (non-hydrogen) atoms. The highest BCUT2D eigenvalue weighted by atomic mass is 16.3. The molecule has 1 heteroatoms. The number of unbranched alkanes of at least 4 members (excludes halogenated alkanes) is 7. The maximum absolute atomic E-state index is 9.17. The van der Waals surface area contributed by atoms with Gasteiger partial charge in [-0.15, -0.1) is 0 Å². The lowest BCUT2D eigenvalue weighted by molar-refractivity contribution is 0.475. The van der Waals surface area contributed by atoms with E-state index >= 15 is 0 Å². The molecule has 0 bridgehead atoms. The summed E-state index contributed by atoms with van der Waals surface area (Å²) in [4.78, 5) is 0. The lowest BCUT2D eigenvalue weighted by Gasteiger charge is -2.02. The number of aryl methyl sites for hydroxylation is 2. The quantitative estimate of drug-likeness (QED) is 0.418. The Hall–Kier alpha value is -1.76. The SMILES string of the molecule is CCCCCCCCCCc1ccc(O)cc1.Cc1cc2cc-2c1. The number of rotatable bonds is 9. The molecule has 0 spiro atoms. The molecule has 0 heterocycles. The molecule has 2 aliphatic carbocycles. The number of phenolic OH excluding ortho intramolecular Hbond substituents is 1. The fourth-order valence-corrected chi connectivity index (χ4v) is 3.04. The van der Waals surface area contributed by atoms with Crippen LogP contribution in [0.15, 0.2) is 42.5 Å². The molecule has 1 nitrogen and oxygen atoms in total. The van der Waals surface area contributed by atoms with E-state index in [4.69, 9.17) is 5.11 Å². The van der Waals surface area contributed by atoms with Gasteiger partial charge in [-0.25, -0.2) is 0 Å². The number of hydrogen-bond donors (Lipinski definition) is 1. The van der Waals surface area contributed by atoms with Gasteiger partial charge in [-0.2, -0.15) is 0 Å². The van der Waals surface area contributed by atoms with E-state index in [0.29, 0.717) is 5.75 Å². The van der Waals surface area contributed by atoms with Crippen molar-refractivity contribution in [3.8, 4) is 16.9 Å². The zero-order valence-corrected chi connectivity index (χ0v) is 15.4. The predicted octanol–water partition coefficient (Wildman–Crippen LogP) is 7.05. The second kappa shape index (κ2) is 10.2. The van der Waals surface area contributed by atoms with E-state index in [2.05, 4.69) is 32.0 Å². The van der Waals surface area contributed by atoms with Gasteiger partial charge in [0.25, 0.3) is 0 Å². The van der Waals surface area contributed by atoms with Gasteiger partial charge in [0.1, 0.15) is 5.75 Å². The summed E-state index contributed by atoms with van der Waals surface area (Å²) in [5.74, 6) is 0.365. The van der Waals surface area contributed by atoms with Gasteiger partial charge in [-0.3, -0.25) is 0 Å². The van der Waals surface area contributed by atoms with Crippen molar-refractivity contribution >= 4 is 0 Å². The summed E-state index contributed by atoms with van der Waals surface area (Å²) in [5.41, 5.74) is 5.62. The van der Waals surface area contributed by atoms with Gasteiger partial charge in [0.05, 0.1) is 0 Å². The summed E-state index contributed by atoms with van der Waals surface area (Å²) in [5, 5.41) is 9.17. The van der Waals surface area contributed by atoms with Gasteiger partial charge < -0.3 is 5.11 Å². The minimum Gasteiger partial charge on any atom is -0.508 e. The molecule has 0 radical (unpaired) electrons. The molecule has 0 atom stereocenters. The Bertz CT molecular complexity index is 578. The number of aromatic hydroxyl groups is 1. The van der Waals surface area contributed by atoms with E-state index in [9.17, 15) is 0 Å². The zero-order valence-electron chi connectivity index (χ0n) is 15.4. The summed E-state index contributed by atoms with van der Waals surface area (Å²) >= 11 is 0. The van der Waals surface area contributed by atoms with E-state index in [1.54, 1.807) is 12.1 Å². The minimum absolute atomic E-state index is 0.365. The summed E-state index contributed by atoms with van der Waals surface area (Å²) in [7, 11) is 0. The molecule has 0 saturated carbocycles. The van der Waals surface area contributed by atoms with E-state index in [1.165, 1.54) is 73.6 Å². The van der Waals surface area contributed by atoms with E-state index in [0.717, 1.165) is 6.42 Å².